The van der Waals surface area contributed by atoms with E-state index in [1.54, 1.807) is 0 Å². The minimum Gasteiger partial charge on any atom is -0.378 e. The van der Waals surface area contributed by atoms with Gasteiger partial charge >= 0.3 is 0 Å². The number of nitrogens with one attached hydrogen (secondary N) is 1. The van der Waals surface area contributed by atoms with Gasteiger partial charge in [0.1, 0.15) is 5.15 Å². The second kappa shape index (κ2) is 3.86. The lowest BCUT2D eigenvalue weighted by Gasteiger charge is -2.57. The number of pyridine rings is 1. The maximum Gasteiger partial charge on any atom is 0.129 e. The van der Waals surface area contributed by atoms with Crippen molar-refractivity contribution in [2.24, 2.45) is 17.8 Å². The van der Waals surface area contributed by atoms with Crippen molar-refractivity contribution in [3.05, 3.63) is 23.5 Å². The summed E-state index contributed by atoms with van der Waals surface area (Å²) in [7, 11) is 0. The van der Waals surface area contributed by atoms with E-state index in [0.29, 0.717) is 10.7 Å². The van der Waals surface area contributed by atoms with E-state index >= 15 is 0 Å². The minimum atomic E-state index is 0.365. The highest BCUT2D eigenvalue weighted by Gasteiger charge is 2.50. The molecular weight excluding hydrogens is 244 g/mol. The molecule has 1 aromatic heterocycles. The molecule has 2 nitrogen and oxygen atoms in total. The van der Waals surface area contributed by atoms with Gasteiger partial charge in [0.15, 0.2) is 0 Å². The Kier molecular flexibility index (Phi) is 2.38. The Hall–Kier alpha value is -0.760. The van der Waals surface area contributed by atoms with E-state index in [-0.39, 0.29) is 0 Å². The van der Waals surface area contributed by atoms with Gasteiger partial charge in [-0.25, -0.2) is 4.98 Å². The van der Waals surface area contributed by atoms with Crippen LogP contribution in [0.25, 0.3) is 0 Å². The molecule has 0 amide bonds. The standard InChI is InChI=1S/C15H19ClN2/c16-14-2-1-13(9-17-14)18-15-6-10-3-11(7-15)5-12(4-10)8-15/h1-2,9-12,18H,3-8H2. The van der Waals surface area contributed by atoms with Crippen molar-refractivity contribution in [3.63, 3.8) is 0 Å². The number of nitrogens with zero attached hydrogens (tertiary/aromatic N) is 1. The summed E-state index contributed by atoms with van der Waals surface area (Å²) >= 11 is 5.85. The third-order valence-corrected chi connectivity index (χ3v) is 5.40. The van der Waals surface area contributed by atoms with E-state index in [9.17, 15) is 0 Å². The van der Waals surface area contributed by atoms with Crippen molar-refractivity contribution in [2.45, 2.75) is 44.1 Å². The molecule has 0 aliphatic heterocycles. The fourth-order valence-electron chi connectivity index (χ4n) is 5.02. The largest absolute Gasteiger partial charge is 0.378 e. The molecule has 4 aliphatic carbocycles. The lowest BCUT2D eigenvalue weighted by Crippen LogP contribution is -2.54. The fourth-order valence-corrected chi connectivity index (χ4v) is 5.13. The first-order valence-corrected chi connectivity index (χ1v) is 7.48. The molecule has 4 aliphatic rings. The van der Waals surface area contributed by atoms with Crippen LogP contribution in [0.5, 0.6) is 0 Å². The van der Waals surface area contributed by atoms with Crippen LogP contribution >= 0.6 is 11.6 Å². The van der Waals surface area contributed by atoms with E-state index in [2.05, 4.69) is 16.4 Å². The summed E-state index contributed by atoms with van der Waals surface area (Å²) < 4.78 is 0. The number of anilines is 1. The van der Waals surface area contributed by atoms with Crippen LogP contribution in [0.1, 0.15) is 38.5 Å². The number of hydrogen-bond acceptors (Lipinski definition) is 2. The fraction of sp³-hybridized carbons (Fsp3) is 0.667. The van der Waals surface area contributed by atoms with E-state index in [4.69, 9.17) is 11.6 Å². The Balaban J connectivity index is 1.58. The SMILES string of the molecule is Clc1ccc(NC23CC4CC(CC(C4)C2)C3)cn1. The number of aromatic nitrogens is 1. The first kappa shape index (κ1) is 11.1. The predicted octanol–water partition coefficient (Wildman–Crippen LogP) is 4.12. The van der Waals surface area contributed by atoms with Gasteiger partial charge in [-0.3, -0.25) is 0 Å². The van der Waals surface area contributed by atoms with Gasteiger partial charge < -0.3 is 5.32 Å². The monoisotopic (exact) mass is 262 g/mol. The predicted molar refractivity (Wildman–Crippen MR) is 73.8 cm³/mol. The molecule has 1 N–H and O–H groups in total. The molecule has 0 saturated heterocycles. The van der Waals surface area contributed by atoms with Crippen LogP contribution in [0.2, 0.25) is 5.15 Å². The molecule has 0 aromatic carbocycles. The number of hydrogen-bond donors (Lipinski definition) is 1. The first-order valence-electron chi connectivity index (χ1n) is 7.11. The molecule has 18 heavy (non-hydrogen) atoms. The molecule has 4 fully saturated rings. The second-order valence-corrected chi connectivity index (χ2v) is 7.08. The smallest absolute Gasteiger partial charge is 0.129 e. The minimum absolute atomic E-state index is 0.365. The number of halogens is 1. The van der Waals surface area contributed by atoms with E-state index in [1.165, 1.54) is 38.5 Å². The van der Waals surface area contributed by atoms with Crippen LogP contribution in [0.4, 0.5) is 5.69 Å². The average molecular weight is 263 g/mol. The maximum atomic E-state index is 5.85. The van der Waals surface area contributed by atoms with E-state index in [1.807, 2.05) is 12.3 Å². The summed E-state index contributed by atoms with van der Waals surface area (Å²) in [5.41, 5.74) is 1.51. The summed E-state index contributed by atoms with van der Waals surface area (Å²) in [6.07, 6.45) is 10.4. The lowest BCUT2D eigenvalue weighted by molar-refractivity contribution is 0.0107. The summed E-state index contributed by atoms with van der Waals surface area (Å²) in [4.78, 5) is 4.18. The molecule has 3 heteroatoms. The molecule has 0 unspecified atom stereocenters. The van der Waals surface area contributed by atoms with Gasteiger partial charge in [-0.15, -0.1) is 0 Å². The van der Waals surface area contributed by atoms with Crippen molar-refractivity contribution < 1.29 is 0 Å². The van der Waals surface area contributed by atoms with Crippen LogP contribution in [-0.2, 0) is 0 Å². The van der Waals surface area contributed by atoms with E-state index in [0.717, 1.165) is 23.4 Å². The Morgan fingerprint density at radius 1 is 1.06 bits per heavy atom. The molecule has 4 bridgehead atoms. The van der Waals surface area contributed by atoms with Crippen molar-refractivity contribution in [1.29, 1.82) is 0 Å². The van der Waals surface area contributed by atoms with Gasteiger partial charge in [-0.1, -0.05) is 11.6 Å². The lowest BCUT2D eigenvalue weighted by atomic mass is 9.53. The van der Waals surface area contributed by atoms with Crippen molar-refractivity contribution >= 4 is 17.3 Å². The zero-order chi connectivity index (χ0) is 12.2. The molecule has 0 spiro atoms. The zero-order valence-corrected chi connectivity index (χ0v) is 11.3. The van der Waals surface area contributed by atoms with Gasteiger partial charge in [-0.05, 0) is 68.4 Å². The normalized spacial score (nSPS) is 41.1. The van der Waals surface area contributed by atoms with Gasteiger partial charge in [0, 0.05) is 5.54 Å². The molecule has 0 atom stereocenters. The molecule has 5 rings (SSSR count). The van der Waals surface area contributed by atoms with Crippen LogP contribution in [0.15, 0.2) is 18.3 Å². The molecular formula is C15H19ClN2. The van der Waals surface area contributed by atoms with Crippen molar-refractivity contribution in [1.82, 2.24) is 4.98 Å². The first-order chi connectivity index (χ1) is 8.71. The Morgan fingerprint density at radius 3 is 2.17 bits per heavy atom. The van der Waals surface area contributed by atoms with Crippen molar-refractivity contribution in [3.8, 4) is 0 Å². The van der Waals surface area contributed by atoms with E-state index < -0.39 is 0 Å². The highest BCUT2D eigenvalue weighted by Crippen LogP contribution is 2.56. The van der Waals surface area contributed by atoms with Gasteiger partial charge in [-0.2, -0.15) is 0 Å². The second-order valence-electron chi connectivity index (χ2n) is 6.69. The Bertz CT molecular complexity index is 419. The summed E-state index contributed by atoms with van der Waals surface area (Å²) in [6, 6.07) is 3.94. The molecule has 0 radical (unpaired) electrons. The third kappa shape index (κ3) is 1.82. The Labute approximate surface area is 113 Å². The zero-order valence-electron chi connectivity index (χ0n) is 10.5. The third-order valence-electron chi connectivity index (χ3n) is 5.18. The van der Waals surface area contributed by atoms with Crippen LogP contribution in [-0.4, -0.2) is 10.5 Å². The van der Waals surface area contributed by atoms with Gasteiger partial charge in [0.2, 0.25) is 0 Å². The van der Waals surface area contributed by atoms with Crippen LogP contribution in [0, 0.1) is 17.8 Å². The summed E-state index contributed by atoms with van der Waals surface area (Å²) in [5.74, 6) is 2.93. The highest BCUT2D eigenvalue weighted by molar-refractivity contribution is 6.29. The average Bonchev–Trinajstić information content (AvgIpc) is 2.30. The summed E-state index contributed by atoms with van der Waals surface area (Å²) in [5, 5.41) is 4.37. The quantitative estimate of drug-likeness (QED) is 0.811. The summed E-state index contributed by atoms with van der Waals surface area (Å²) in [6.45, 7) is 0. The molecule has 4 saturated carbocycles. The Morgan fingerprint density at radius 2 is 1.67 bits per heavy atom. The topological polar surface area (TPSA) is 24.9 Å². The van der Waals surface area contributed by atoms with Crippen LogP contribution < -0.4 is 5.32 Å². The molecule has 1 aromatic rings. The highest BCUT2D eigenvalue weighted by atomic mass is 35.5. The van der Waals surface area contributed by atoms with Crippen molar-refractivity contribution in [2.75, 3.05) is 5.32 Å². The maximum absolute atomic E-state index is 5.85. The molecule has 1 heterocycles. The van der Waals surface area contributed by atoms with Crippen LogP contribution in [0.3, 0.4) is 0 Å². The number of rotatable bonds is 2. The van der Waals surface area contributed by atoms with Gasteiger partial charge in [0.05, 0.1) is 11.9 Å². The molecule has 96 valence electrons. The van der Waals surface area contributed by atoms with Gasteiger partial charge in [0.25, 0.3) is 0 Å².